The molecule has 1 amide bonds. The average molecular weight is 354 g/mol. The molecule has 4 rings (SSSR count). The zero-order chi connectivity index (χ0) is 18.3. The minimum Gasteiger partial charge on any atom is -0.361 e. The highest BCUT2D eigenvalue weighted by Gasteiger charge is 2.26. The summed E-state index contributed by atoms with van der Waals surface area (Å²) in [6.45, 7) is 7.28. The van der Waals surface area contributed by atoms with E-state index in [1.807, 2.05) is 6.20 Å². The van der Waals surface area contributed by atoms with Crippen LogP contribution in [0.4, 0.5) is 5.82 Å². The van der Waals surface area contributed by atoms with Crippen LogP contribution in [0.3, 0.4) is 0 Å². The third-order valence-corrected chi connectivity index (χ3v) is 5.04. The number of amides is 1. The van der Waals surface area contributed by atoms with E-state index >= 15 is 0 Å². The number of aryl methyl sites for hydroxylation is 3. The molecular formula is C18H22N6O2. The van der Waals surface area contributed by atoms with Crippen molar-refractivity contribution in [3.63, 3.8) is 0 Å². The summed E-state index contributed by atoms with van der Waals surface area (Å²) in [5.74, 6) is 1.42. The van der Waals surface area contributed by atoms with Gasteiger partial charge in [0.05, 0.1) is 11.1 Å². The fourth-order valence-electron chi connectivity index (χ4n) is 3.64. The van der Waals surface area contributed by atoms with Gasteiger partial charge in [-0.3, -0.25) is 4.79 Å². The van der Waals surface area contributed by atoms with Gasteiger partial charge in [-0.05, 0) is 39.2 Å². The van der Waals surface area contributed by atoms with Crippen LogP contribution in [-0.4, -0.2) is 45.1 Å². The van der Waals surface area contributed by atoms with E-state index in [1.165, 1.54) is 0 Å². The number of aromatic amines is 1. The second-order valence-electron chi connectivity index (χ2n) is 6.83. The fourth-order valence-corrected chi connectivity index (χ4v) is 3.64. The van der Waals surface area contributed by atoms with Crippen LogP contribution in [0.5, 0.6) is 0 Å². The molecule has 26 heavy (non-hydrogen) atoms. The van der Waals surface area contributed by atoms with Crippen molar-refractivity contribution in [1.82, 2.24) is 25.4 Å². The summed E-state index contributed by atoms with van der Waals surface area (Å²) >= 11 is 0. The molecule has 0 atom stereocenters. The van der Waals surface area contributed by atoms with E-state index in [2.05, 4.69) is 37.2 Å². The summed E-state index contributed by atoms with van der Waals surface area (Å²) in [7, 11) is 0. The maximum atomic E-state index is 12.5. The molecule has 0 spiro atoms. The molecule has 0 unspecified atom stereocenters. The molecule has 1 fully saturated rings. The zero-order valence-corrected chi connectivity index (χ0v) is 15.2. The number of hydrogen-bond acceptors (Lipinski definition) is 6. The Hall–Kier alpha value is -2.90. The van der Waals surface area contributed by atoms with Gasteiger partial charge in [-0.2, -0.15) is 0 Å². The molecule has 0 aromatic carbocycles. The van der Waals surface area contributed by atoms with Gasteiger partial charge in [-0.15, -0.1) is 0 Å². The first kappa shape index (κ1) is 16.6. The summed E-state index contributed by atoms with van der Waals surface area (Å²) < 4.78 is 5.09. The number of hydrogen-bond donors (Lipinski definition) is 2. The highest BCUT2D eigenvalue weighted by Crippen LogP contribution is 2.28. The van der Waals surface area contributed by atoms with E-state index in [0.29, 0.717) is 17.0 Å². The van der Waals surface area contributed by atoms with Crippen LogP contribution in [0.1, 0.15) is 40.2 Å². The van der Waals surface area contributed by atoms with Crippen molar-refractivity contribution in [2.75, 3.05) is 18.0 Å². The molecule has 1 aliphatic rings. The average Bonchev–Trinajstić information content (AvgIpc) is 3.18. The second-order valence-corrected chi connectivity index (χ2v) is 6.83. The van der Waals surface area contributed by atoms with E-state index in [9.17, 15) is 4.79 Å². The minimum absolute atomic E-state index is 0.106. The Kier molecular flexibility index (Phi) is 4.10. The largest absolute Gasteiger partial charge is 0.361 e. The van der Waals surface area contributed by atoms with E-state index in [-0.39, 0.29) is 11.9 Å². The highest BCUT2D eigenvalue weighted by molar-refractivity contribution is 5.96. The molecule has 8 nitrogen and oxygen atoms in total. The lowest BCUT2D eigenvalue weighted by molar-refractivity contribution is 0.0929. The van der Waals surface area contributed by atoms with Crippen LogP contribution in [0.25, 0.3) is 11.0 Å². The van der Waals surface area contributed by atoms with Crippen LogP contribution in [0.15, 0.2) is 17.0 Å². The molecule has 4 heterocycles. The van der Waals surface area contributed by atoms with Crippen LogP contribution in [-0.2, 0) is 0 Å². The molecule has 0 bridgehead atoms. The van der Waals surface area contributed by atoms with Gasteiger partial charge >= 0.3 is 0 Å². The van der Waals surface area contributed by atoms with Gasteiger partial charge in [0.25, 0.3) is 5.91 Å². The summed E-state index contributed by atoms with van der Waals surface area (Å²) in [4.78, 5) is 26.7. The molecular weight excluding hydrogens is 332 g/mol. The standard InChI is InChI=1S/C18H22N6O2/c1-10-8-19-16-14(10)17(21-9-20-16)24-6-4-13(5-7-24)22-18(25)15-11(2)23-26-12(15)3/h8-9,13H,4-7H2,1-3H3,(H,22,25)(H,19,20,21). The Bertz CT molecular complexity index is 932. The molecule has 136 valence electrons. The second kappa shape index (κ2) is 6.44. The first-order valence-corrected chi connectivity index (χ1v) is 8.82. The van der Waals surface area contributed by atoms with Crippen LogP contribution in [0, 0.1) is 20.8 Å². The molecule has 1 aliphatic heterocycles. The highest BCUT2D eigenvalue weighted by atomic mass is 16.5. The molecule has 3 aromatic heterocycles. The predicted octanol–water partition coefficient (Wildman–Crippen LogP) is 2.27. The lowest BCUT2D eigenvalue weighted by Crippen LogP contribution is -2.45. The lowest BCUT2D eigenvalue weighted by atomic mass is 10.0. The van der Waals surface area contributed by atoms with Crippen LogP contribution >= 0.6 is 0 Å². The first-order valence-electron chi connectivity index (χ1n) is 8.82. The zero-order valence-electron chi connectivity index (χ0n) is 15.2. The van der Waals surface area contributed by atoms with Gasteiger partial charge in [-0.1, -0.05) is 5.16 Å². The van der Waals surface area contributed by atoms with Crippen molar-refractivity contribution in [3.8, 4) is 0 Å². The minimum atomic E-state index is -0.106. The Morgan fingerprint density at radius 2 is 2.04 bits per heavy atom. The number of carbonyl (C=O) groups excluding carboxylic acids is 1. The number of nitrogens with one attached hydrogen (secondary N) is 2. The number of H-pyrrole nitrogens is 1. The SMILES string of the molecule is Cc1noc(C)c1C(=O)NC1CCN(c2ncnc3[nH]cc(C)c23)CC1. The third kappa shape index (κ3) is 2.81. The summed E-state index contributed by atoms with van der Waals surface area (Å²) in [6.07, 6.45) is 5.28. The summed E-state index contributed by atoms with van der Waals surface area (Å²) in [5, 5.41) is 8.04. The van der Waals surface area contributed by atoms with Gasteiger partial charge in [0.2, 0.25) is 0 Å². The molecule has 0 radical (unpaired) electrons. The van der Waals surface area contributed by atoms with E-state index < -0.39 is 0 Å². The smallest absolute Gasteiger partial charge is 0.257 e. The van der Waals surface area contributed by atoms with Crippen molar-refractivity contribution in [2.45, 2.75) is 39.7 Å². The number of carbonyl (C=O) groups is 1. The van der Waals surface area contributed by atoms with Gasteiger partial charge in [-0.25, -0.2) is 9.97 Å². The number of fused-ring (bicyclic) bond motifs is 1. The van der Waals surface area contributed by atoms with Crippen molar-refractivity contribution in [1.29, 1.82) is 0 Å². The molecule has 3 aromatic rings. The van der Waals surface area contributed by atoms with Crippen molar-refractivity contribution in [2.24, 2.45) is 0 Å². The number of anilines is 1. The molecule has 0 aliphatic carbocycles. The first-order chi connectivity index (χ1) is 12.5. The van der Waals surface area contributed by atoms with Gasteiger partial charge in [0, 0.05) is 25.3 Å². The molecule has 2 N–H and O–H groups in total. The Labute approximate surface area is 151 Å². The number of nitrogens with zero attached hydrogens (tertiary/aromatic N) is 4. The summed E-state index contributed by atoms with van der Waals surface area (Å²) in [5.41, 5.74) is 3.18. The Morgan fingerprint density at radius 3 is 2.73 bits per heavy atom. The third-order valence-electron chi connectivity index (χ3n) is 5.04. The number of rotatable bonds is 3. The fraction of sp³-hybridized carbons (Fsp3) is 0.444. The van der Waals surface area contributed by atoms with E-state index in [1.54, 1.807) is 20.2 Å². The molecule has 8 heteroatoms. The van der Waals surface area contributed by atoms with Crippen molar-refractivity contribution < 1.29 is 9.32 Å². The molecule has 0 saturated carbocycles. The van der Waals surface area contributed by atoms with E-state index in [4.69, 9.17) is 4.52 Å². The summed E-state index contributed by atoms with van der Waals surface area (Å²) in [6, 6.07) is 0.136. The van der Waals surface area contributed by atoms with Crippen molar-refractivity contribution in [3.05, 3.63) is 35.1 Å². The number of aromatic nitrogens is 4. The normalized spacial score (nSPS) is 15.6. The van der Waals surface area contributed by atoms with Gasteiger partial charge in [0.1, 0.15) is 29.1 Å². The van der Waals surface area contributed by atoms with Crippen LogP contribution in [0.2, 0.25) is 0 Å². The quantitative estimate of drug-likeness (QED) is 0.748. The lowest BCUT2D eigenvalue weighted by Gasteiger charge is -2.33. The van der Waals surface area contributed by atoms with Crippen molar-refractivity contribution >= 4 is 22.8 Å². The van der Waals surface area contributed by atoms with Gasteiger partial charge in [0.15, 0.2) is 0 Å². The topological polar surface area (TPSA) is 99.9 Å². The van der Waals surface area contributed by atoms with E-state index in [0.717, 1.165) is 48.3 Å². The Balaban J connectivity index is 1.44. The maximum Gasteiger partial charge on any atom is 0.257 e. The van der Waals surface area contributed by atoms with Crippen LogP contribution < -0.4 is 10.2 Å². The number of piperidine rings is 1. The monoisotopic (exact) mass is 354 g/mol. The Morgan fingerprint density at radius 1 is 1.27 bits per heavy atom. The molecule has 1 saturated heterocycles. The predicted molar refractivity (Wildman–Crippen MR) is 97.3 cm³/mol. The maximum absolute atomic E-state index is 12.5. The van der Waals surface area contributed by atoms with Gasteiger partial charge < -0.3 is 19.7 Å².